The van der Waals surface area contributed by atoms with Gasteiger partial charge < -0.3 is 5.32 Å². The van der Waals surface area contributed by atoms with Crippen LogP contribution in [0, 0.1) is 6.92 Å². The van der Waals surface area contributed by atoms with Gasteiger partial charge >= 0.3 is 6.03 Å². The van der Waals surface area contributed by atoms with E-state index >= 15 is 0 Å². The number of anilines is 2. The summed E-state index contributed by atoms with van der Waals surface area (Å²) in [5.41, 5.74) is 2.19. The molecular weight excluding hydrogens is 334 g/mol. The third-order valence-electron chi connectivity index (χ3n) is 3.73. The van der Waals surface area contributed by atoms with Crippen molar-refractivity contribution in [1.29, 1.82) is 0 Å². The van der Waals surface area contributed by atoms with Crippen molar-refractivity contribution in [3.05, 3.63) is 71.8 Å². The second kappa shape index (κ2) is 7.02. The molecule has 2 N–H and O–H groups in total. The van der Waals surface area contributed by atoms with E-state index in [1.54, 1.807) is 12.1 Å². The number of aryl methyl sites for hydroxylation is 1. The van der Waals surface area contributed by atoms with Crippen LogP contribution in [0.2, 0.25) is 0 Å². The van der Waals surface area contributed by atoms with Crippen molar-refractivity contribution in [3.63, 3.8) is 0 Å². The van der Waals surface area contributed by atoms with Gasteiger partial charge in [-0.1, -0.05) is 17.7 Å². The van der Waals surface area contributed by atoms with E-state index in [1.165, 1.54) is 36.4 Å². The van der Waals surface area contributed by atoms with Gasteiger partial charge in [0.15, 0.2) is 0 Å². The Morgan fingerprint density at radius 2 is 1.42 bits per heavy atom. The van der Waals surface area contributed by atoms with Crippen LogP contribution in [-0.4, -0.2) is 23.8 Å². The number of carbonyl (C=O) groups is 4. The summed E-state index contributed by atoms with van der Waals surface area (Å²) >= 11 is 0. The molecule has 0 unspecified atom stereocenters. The maximum atomic E-state index is 12.1. The molecule has 0 spiro atoms. The molecule has 7 nitrogen and oxygen atoms in total. The summed E-state index contributed by atoms with van der Waals surface area (Å²) in [5.74, 6) is -1.48. The first kappa shape index (κ1) is 17.1. The zero-order chi connectivity index (χ0) is 18.7. The molecule has 2 aromatic rings. The molecule has 1 aliphatic heterocycles. The Hall–Kier alpha value is -3.74. The van der Waals surface area contributed by atoms with E-state index in [-0.39, 0.29) is 5.56 Å². The second-order valence-electron chi connectivity index (χ2n) is 5.67. The van der Waals surface area contributed by atoms with Crippen LogP contribution in [0.3, 0.4) is 0 Å². The van der Waals surface area contributed by atoms with Crippen molar-refractivity contribution in [2.45, 2.75) is 6.92 Å². The summed E-state index contributed by atoms with van der Waals surface area (Å²) in [6.45, 7) is 1.93. The molecule has 0 fully saturated rings. The molecule has 2 aromatic carbocycles. The maximum absolute atomic E-state index is 12.1. The van der Waals surface area contributed by atoms with Gasteiger partial charge in [0.25, 0.3) is 17.7 Å². The Kier molecular flexibility index (Phi) is 4.62. The van der Waals surface area contributed by atoms with Crippen molar-refractivity contribution in [2.24, 2.45) is 0 Å². The van der Waals surface area contributed by atoms with Crippen LogP contribution >= 0.6 is 0 Å². The highest BCUT2D eigenvalue weighted by atomic mass is 16.2. The zero-order valence-corrected chi connectivity index (χ0v) is 13.9. The van der Waals surface area contributed by atoms with Crippen LogP contribution in [0.1, 0.15) is 15.9 Å². The molecule has 7 heteroatoms. The van der Waals surface area contributed by atoms with E-state index in [0.29, 0.717) is 11.4 Å². The van der Waals surface area contributed by atoms with Crippen LogP contribution in [0.15, 0.2) is 60.7 Å². The summed E-state index contributed by atoms with van der Waals surface area (Å²) in [5, 5.41) is 4.78. The lowest BCUT2D eigenvalue weighted by Crippen LogP contribution is -2.34. The van der Waals surface area contributed by atoms with Crippen molar-refractivity contribution >= 4 is 35.1 Å². The van der Waals surface area contributed by atoms with E-state index in [0.717, 1.165) is 10.5 Å². The lowest BCUT2D eigenvalue weighted by molar-refractivity contribution is -0.119. The van der Waals surface area contributed by atoms with Gasteiger partial charge in [0.1, 0.15) is 0 Å². The minimum absolute atomic E-state index is 0.222. The number of amides is 5. The van der Waals surface area contributed by atoms with Crippen molar-refractivity contribution in [2.75, 3.05) is 10.2 Å². The van der Waals surface area contributed by atoms with E-state index in [1.807, 2.05) is 19.1 Å². The Balaban J connectivity index is 1.63. The predicted molar refractivity (Wildman–Crippen MR) is 95.7 cm³/mol. The van der Waals surface area contributed by atoms with Crippen LogP contribution in [0.4, 0.5) is 16.2 Å². The van der Waals surface area contributed by atoms with Crippen LogP contribution in [0.25, 0.3) is 0 Å². The average Bonchev–Trinajstić information content (AvgIpc) is 2.95. The van der Waals surface area contributed by atoms with Crippen LogP contribution in [-0.2, 0) is 9.59 Å². The summed E-state index contributed by atoms with van der Waals surface area (Å²) in [7, 11) is 0. The first-order valence-corrected chi connectivity index (χ1v) is 7.79. The van der Waals surface area contributed by atoms with Crippen molar-refractivity contribution in [1.82, 2.24) is 5.32 Å². The highest BCUT2D eigenvalue weighted by Crippen LogP contribution is 2.19. The van der Waals surface area contributed by atoms with Crippen LogP contribution in [0.5, 0.6) is 0 Å². The number of imide groups is 2. The van der Waals surface area contributed by atoms with Gasteiger partial charge in [0, 0.05) is 23.4 Å². The van der Waals surface area contributed by atoms with Gasteiger partial charge in [-0.25, -0.2) is 9.69 Å². The standard InChI is InChI=1S/C19H15N3O4/c1-12-2-6-14(7-3-12)20-19(26)21-18(25)13-4-8-15(9-5-13)22-16(23)10-11-17(22)24/h2-11H,1H3,(H2,20,21,25,26). The largest absolute Gasteiger partial charge is 0.326 e. The molecule has 0 aliphatic carbocycles. The van der Waals surface area contributed by atoms with Gasteiger partial charge in [-0.3, -0.25) is 19.7 Å². The molecule has 5 amide bonds. The number of benzene rings is 2. The van der Waals surface area contributed by atoms with Gasteiger partial charge in [-0.2, -0.15) is 0 Å². The molecule has 0 atom stereocenters. The number of hydrogen-bond donors (Lipinski definition) is 2. The monoisotopic (exact) mass is 349 g/mol. The first-order valence-electron chi connectivity index (χ1n) is 7.79. The third kappa shape index (κ3) is 3.67. The molecular formula is C19H15N3O4. The lowest BCUT2D eigenvalue weighted by atomic mass is 10.2. The number of urea groups is 1. The molecule has 0 radical (unpaired) electrons. The minimum Gasteiger partial charge on any atom is -0.308 e. The Labute approximate surface area is 149 Å². The number of nitrogens with zero attached hydrogens (tertiary/aromatic N) is 1. The molecule has 130 valence electrons. The Morgan fingerprint density at radius 3 is 2.00 bits per heavy atom. The third-order valence-corrected chi connectivity index (χ3v) is 3.73. The van der Waals surface area contributed by atoms with E-state index in [9.17, 15) is 19.2 Å². The van der Waals surface area contributed by atoms with Gasteiger partial charge in [-0.15, -0.1) is 0 Å². The summed E-state index contributed by atoms with van der Waals surface area (Å²) in [4.78, 5) is 48.3. The smallest absolute Gasteiger partial charge is 0.308 e. The minimum atomic E-state index is -0.656. The Bertz CT molecular complexity index is 897. The average molecular weight is 349 g/mol. The van der Waals surface area contributed by atoms with E-state index in [4.69, 9.17) is 0 Å². The fourth-order valence-electron chi connectivity index (χ4n) is 2.39. The van der Waals surface area contributed by atoms with Gasteiger partial charge in [0.05, 0.1) is 5.69 Å². The maximum Gasteiger partial charge on any atom is 0.326 e. The summed E-state index contributed by atoms with van der Waals surface area (Å²) < 4.78 is 0. The molecule has 0 saturated heterocycles. The highest BCUT2D eigenvalue weighted by Gasteiger charge is 2.25. The second-order valence-corrected chi connectivity index (χ2v) is 5.67. The molecule has 0 saturated carbocycles. The Morgan fingerprint density at radius 1 is 0.846 bits per heavy atom. The van der Waals surface area contributed by atoms with Gasteiger partial charge in [-0.05, 0) is 43.3 Å². The number of hydrogen-bond acceptors (Lipinski definition) is 4. The number of carbonyl (C=O) groups excluding carboxylic acids is 4. The number of rotatable bonds is 3. The normalized spacial score (nSPS) is 13.0. The quantitative estimate of drug-likeness (QED) is 0.832. The molecule has 26 heavy (non-hydrogen) atoms. The molecule has 1 heterocycles. The van der Waals surface area contributed by atoms with Gasteiger partial charge in [0.2, 0.25) is 0 Å². The van der Waals surface area contributed by atoms with E-state index < -0.39 is 23.8 Å². The van der Waals surface area contributed by atoms with Crippen molar-refractivity contribution in [3.8, 4) is 0 Å². The zero-order valence-electron chi connectivity index (χ0n) is 13.9. The first-order chi connectivity index (χ1) is 12.4. The lowest BCUT2D eigenvalue weighted by Gasteiger charge is -2.14. The van der Waals surface area contributed by atoms with Crippen molar-refractivity contribution < 1.29 is 19.2 Å². The topological polar surface area (TPSA) is 95.6 Å². The van der Waals surface area contributed by atoms with Crippen LogP contribution < -0.4 is 15.5 Å². The molecule has 1 aliphatic rings. The predicted octanol–water partition coefficient (Wildman–Crippen LogP) is 2.39. The number of nitrogens with one attached hydrogen (secondary N) is 2. The SMILES string of the molecule is Cc1ccc(NC(=O)NC(=O)c2ccc(N3C(=O)C=CC3=O)cc2)cc1. The highest BCUT2D eigenvalue weighted by molar-refractivity contribution is 6.28. The summed E-state index contributed by atoms with van der Waals surface area (Å²) in [6, 6.07) is 12.3. The van der Waals surface area contributed by atoms with E-state index in [2.05, 4.69) is 10.6 Å². The molecule has 0 aromatic heterocycles. The fraction of sp³-hybridized carbons (Fsp3) is 0.0526. The molecule has 0 bridgehead atoms. The fourth-order valence-corrected chi connectivity index (χ4v) is 2.39. The summed E-state index contributed by atoms with van der Waals surface area (Å²) in [6.07, 6.45) is 2.36. The molecule has 3 rings (SSSR count).